The molecule has 0 atom stereocenters. The normalized spacial score (nSPS) is 11.2. The number of para-hydroxylation sites is 1. The molecule has 4 nitrogen and oxygen atoms in total. The molecule has 2 N–H and O–H groups in total. The summed E-state index contributed by atoms with van der Waals surface area (Å²) in [5, 5.41) is 10.9. The van der Waals surface area contributed by atoms with Crippen LogP contribution in [-0.4, -0.2) is 16.1 Å². The van der Waals surface area contributed by atoms with Gasteiger partial charge in [-0.1, -0.05) is 30.3 Å². The van der Waals surface area contributed by atoms with Crippen molar-refractivity contribution >= 4 is 28.6 Å². The predicted octanol–water partition coefficient (Wildman–Crippen LogP) is 3.83. The van der Waals surface area contributed by atoms with E-state index in [9.17, 15) is 4.79 Å². The van der Waals surface area contributed by atoms with E-state index in [1.54, 1.807) is 18.3 Å². The summed E-state index contributed by atoms with van der Waals surface area (Å²) in [5.41, 5.74) is 4.90. The summed E-state index contributed by atoms with van der Waals surface area (Å²) in [5.74, 6) is -0.137. The number of aromatic nitrogens is 2. The zero-order chi connectivity index (χ0) is 15.5. The average molecular weight is 291 g/mol. The highest BCUT2D eigenvalue weighted by atomic mass is 16.1. The molecule has 4 heteroatoms. The van der Waals surface area contributed by atoms with E-state index in [2.05, 4.69) is 15.5 Å². The standard InChI is InChI=1S/C18H17N3O/c1-12-4-3-5-13(2)18(12)20-17(22)9-7-14-6-8-15-11-19-21-16(15)10-14/h3-11H,1-2H3,(H,19,21)(H,20,22)/b9-7+. The number of aryl methyl sites for hydroxylation is 2. The molecule has 0 saturated heterocycles. The van der Waals surface area contributed by atoms with Crippen LogP contribution < -0.4 is 5.32 Å². The number of nitrogens with one attached hydrogen (secondary N) is 2. The molecular formula is C18H17N3O. The quantitative estimate of drug-likeness (QED) is 0.720. The zero-order valence-corrected chi connectivity index (χ0v) is 12.6. The molecule has 0 aliphatic rings. The Kier molecular flexibility index (Phi) is 3.74. The summed E-state index contributed by atoms with van der Waals surface area (Å²) < 4.78 is 0. The van der Waals surface area contributed by atoms with Gasteiger partial charge < -0.3 is 5.32 Å². The van der Waals surface area contributed by atoms with Gasteiger partial charge in [0, 0.05) is 17.1 Å². The third kappa shape index (κ3) is 2.91. The Labute approximate surface area is 128 Å². The maximum absolute atomic E-state index is 12.1. The van der Waals surface area contributed by atoms with Crippen LogP contribution in [0.3, 0.4) is 0 Å². The second-order valence-electron chi connectivity index (χ2n) is 5.31. The van der Waals surface area contributed by atoms with Crippen LogP contribution in [0, 0.1) is 13.8 Å². The summed E-state index contributed by atoms with van der Waals surface area (Å²) >= 11 is 0. The Bertz CT molecular complexity index is 841. The lowest BCUT2D eigenvalue weighted by molar-refractivity contribution is -0.111. The van der Waals surface area contributed by atoms with E-state index in [0.29, 0.717) is 0 Å². The molecule has 0 fully saturated rings. The second kappa shape index (κ2) is 5.85. The van der Waals surface area contributed by atoms with Gasteiger partial charge in [-0.3, -0.25) is 9.89 Å². The summed E-state index contributed by atoms with van der Waals surface area (Å²) in [7, 11) is 0. The molecular weight excluding hydrogens is 274 g/mol. The van der Waals surface area contributed by atoms with E-state index in [4.69, 9.17) is 0 Å². The summed E-state index contributed by atoms with van der Waals surface area (Å²) in [6.45, 7) is 3.97. The second-order valence-corrected chi connectivity index (χ2v) is 5.31. The molecule has 1 aromatic heterocycles. The predicted molar refractivity (Wildman–Crippen MR) is 89.7 cm³/mol. The lowest BCUT2D eigenvalue weighted by Crippen LogP contribution is -2.10. The number of nitrogens with zero attached hydrogens (tertiary/aromatic N) is 1. The zero-order valence-electron chi connectivity index (χ0n) is 12.6. The van der Waals surface area contributed by atoms with Crippen molar-refractivity contribution in [1.82, 2.24) is 10.2 Å². The molecule has 3 aromatic rings. The largest absolute Gasteiger partial charge is 0.322 e. The maximum Gasteiger partial charge on any atom is 0.248 e. The van der Waals surface area contributed by atoms with E-state index in [0.717, 1.165) is 33.3 Å². The van der Waals surface area contributed by atoms with Crippen LogP contribution in [0.25, 0.3) is 17.0 Å². The minimum Gasteiger partial charge on any atom is -0.322 e. The number of rotatable bonds is 3. The van der Waals surface area contributed by atoms with Gasteiger partial charge in [-0.05, 0) is 42.7 Å². The van der Waals surface area contributed by atoms with Crippen LogP contribution in [0.4, 0.5) is 5.69 Å². The molecule has 2 aromatic carbocycles. The highest BCUT2D eigenvalue weighted by Crippen LogP contribution is 2.19. The van der Waals surface area contributed by atoms with Crippen LogP contribution in [0.5, 0.6) is 0 Å². The van der Waals surface area contributed by atoms with Crippen molar-refractivity contribution in [2.24, 2.45) is 0 Å². The first-order valence-corrected chi connectivity index (χ1v) is 7.12. The van der Waals surface area contributed by atoms with E-state index in [-0.39, 0.29) is 5.91 Å². The number of fused-ring (bicyclic) bond motifs is 1. The summed E-state index contributed by atoms with van der Waals surface area (Å²) in [6, 6.07) is 11.8. The molecule has 0 saturated carbocycles. The fourth-order valence-electron chi connectivity index (χ4n) is 2.41. The van der Waals surface area contributed by atoms with E-state index >= 15 is 0 Å². The van der Waals surface area contributed by atoms with Gasteiger partial charge in [0.1, 0.15) is 0 Å². The molecule has 0 bridgehead atoms. The monoisotopic (exact) mass is 291 g/mol. The van der Waals surface area contributed by atoms with Gasteiger partial charge in [0.05, 0.1) is 11.7 Å². The minimum absolute atomic E-state index is 0.137. The van der Waals surface area contributed by atoms with Crippen molar-refractivity contribution in [1.29, 1.82) is 0 Å². The molecule has 0 aliphatic carbocycles. The van der Waals surface area contributed by atoms with Crippen molar-refractivity contribution < 1.29 is 4.79 Å². The van der Waals surface area contributed by atoms with Gasteiger partial charge in [-0.25, -0.2) is 0 Å². The Morgan fingerprint density at radius 3 is 2.73 bits per heavy atom. The lowest BCUT2D eigenvalue weighted by atomic mass is 10.1. The molecule has 110 valence electrons. The number of anilines is 1. The van der Waals surface area contributed by atoms with Gasteiger partial charge in [0.25, 0.3) is 0 Å². The molecule has 1 heterocycles. The number of H-pyrrole nitrogens is 1. The first-order chi connectivity index (χ1) is 10.6. The van der Waals surface area contributed by atoms with Crippen LogP contribution >= 0.6 is 0 Å². The van der Waals surface area contributed by atoms with Crippen molar-refractivity contribution in [3.63, 3.8) is 0 Å². The van der Waals surface area contributed by atoms with Gasteiger partial charge in [-0.15, -0.1) is 0 Å². The van der Waals surface area contributed by atoms with E-state index < -0.39 is 0 Å². The third-order valence-corrected chi connectivity index (χ3v) is 3.62. The topological polar surface area (TPSA) is 57.8 Å². The smallest absolute Gasteiger partial charge is 0.248 e. The number of amides is 1. The van der Waals surface area contributed by atoms with Crippen LogP contribution in [-0.2, 0) is 4.79 Å². The first-order valence-electron chi connectivity index (χ1n) is 7.12. The average Bonchev–Trinajstić information content (AvgIpc) is 2.96. The Morgan fingerprint density at radius 2 is 1.95 bits per heavy atom. The van der Waals surface area contributed by atoms with Crippen molar-refractivity contribution in [2.75, 3.05) is 5.32 Å². The lowest BCUT2D eigenvalue weighted by Gasteiger charge is -2.09. The number of hydrogen-bond acceptors (Lipinski definition) is 2. The van der Waals surface area contributed by atoms with Crippen LogP contribution in [0.2, 0.25) is 0 Å². The van der Waals surface area contributed by atoms with E-state index in [1.165, 1.54) is 0 Å². The van der Waals surface area contributed by atoms with Gasteiger partial charge >= 0.3 is 0 Å². The highest BCUT2D eigenvalue weighted by molar-refractivity contribution is 6.03. The minimum atomic E-state index is -0.137. The molecule has 22 heavy (non-hydrogen) atoms. The van der Waals surface area contributed by atoms with Crippen molar-refractivity contribution in [3.05, 3.63) is 65.4 Å². The maximum atomic E-state index is 12.1. The SMILES string of the molecule is Cc1cccc(C)c1NC(=O)/C=C/c1ccc2cn[nH]c2c1. The number of carbonyl (C=O) groups is 1. The van der Waals surface area contributed by atoms with Gasteiger partial charge in [0.15, 0.2) is 0 Å². The molecule has 1 amide bonds. The number of benzene rings is 2. The number of carbonyl (C=O) groups excluding carboxylic acids is 1. The third-order valence-electron chi connectivity index (χ3n) is 3.62. The fraction of sp³-hybridized carbons (Fsp3) is 0.111. The Morgan fingerprint density at radius 1 is 1.18 bits per heavy atom. The molecule has 0 unspecified atom stereocenters. The molecule has 0 radical (unpaired) electrons. The van der Waals surface area contributed by atoms with E-state index in [1.807, 2.05) is 50.2 Å². The van der Waals surface area contributed by atoms with Gasteiger partial charge in [-0.2, -0.15) is 5.10 Å². The van der Waals surface area contributed by atoms with Crippen molar-refractivity contribution in [3.8, 4) is 0 Å². The molecule has 0 aliphatic heterocycles. The summed E-state index contributed by atoms with van der Waals surface area (Å²) in [4.78, 5) is 12.1. The molecule has 0 spiro atoms. The van der Waals surface area contributed by atoms with Crippen LogP contribution in [0.15, 0.2) is 48.7 Å². The fourth-order valence-corrected chi connectivity index (χ4v) is 2.41. The summed E-state index contributed by atoms with van der Waals surface area (Å²) in [6.07, 6.45) is 5.11. The highest BCUT2D eigenvalue weighted by Gasteiger charge is 2.04. The first kappa shape index (κ1) is 14.1. The number of aromatic amines is 1. The van der Waals surface area contributed by atoms with Crippen LogP contribution in [0.1, 0.15) is 16.7 Å². The van der Waals surface area contributed by atoms with Crippen molar-refractivity contribution in [2.45, 2.75) is 13.8 Å². The Balaban J connectivity index is 1.76. The Hall–Kier alpha value is -2.88. The number of hydrogen-bond donors (Lipinski definition) is 2. The van der Waals surface area contributed by atoms with Gasteiger partial charge in [0.2, 0.25) is 5.91 Å². The molecule has 3 rings (SSSR count).